The Morgan fingerprint density at radius 3 is 2.12 bits per heavy atom. The lowest BCUT2D eigenvalue weighted by Crippen LogP contribution is -2.29. The van der Waals surface area contributed by atoms with Crippen molar-refractivity contribution in [3.8, 4) is 11.5 Å². The maximum atomic E-state index is 12.8. The fourth-order valence-corrected chi connectivity index (χ4v) is 3.71. The molecule has 3 aromatic carbocycles. The number of carbonyl (C=O) groups excluding carboxylic acids is 3. The molecular weight excluding hydrogens is 408 g/mol. The van der Waals surface area contributed by atoms with Crippen LogP contribution in [-0.4, -0.2) is 31.4 Å². The third-order valence-electron chi connectivity index (χ3n) is 5.06. The highest BCUT2D eigenvalue weighted by Crippen LogP contribution is 2.36. The Balaban J connectivity index is 1.49. The Kier molecular flexibility index (Phi) is 5.64. The van der Waals surface area contributed by atoms with Gasteiger partial charge in [0.05, 0.1) is 23.9 Å². The number of nitrogens with zero attached hydrogens (tertiary/aromatic N) is 1. The van der Waals surface area contributed by atoms with E-state index in [0.29, 0.717) is 28.3 Å². The average Bonchev–Trinajstić information content (AvgIpc) is 3.02. The van der Waals surface area contributed by atoms with Crippen molar-refractivity contribution in [2.75, 3.05) is 23.9 Å². The van der Waals surface area contributed by atoms with Gasteiger partial charge in [0.2, 0.25) is 0 Å². The SMILES string of the molecule is COc1cc(NC(=O)COc2cc(C)cc(C)c2)ccc1N1C(=O)c2ccccc2C1=O. The van der Waals surface area contributed by atoms with Gasteiger partial charge in [-0.15, -0.1) is 0 Å². The van der Waals surface area contributed by atoms with Crippen molar-refractivity contribution < 1.29 is 23.9 Å². The van der Waals surface area contributed by atoms with Crippen LogP contribution in [0.15, 0.2) is 60.7 Å². The summed E-state index contributed by atoms with van der Waals surface area (Å²) >= 11 is 0. The van der Waals surface area contributed by atoms with Gasteiger partial charge in [0.25, 0.3) is 17.7 Å². The number of anilines is 2. The molecule has 32 heavy (non-hydrogen) atoms. The Morgan fingerprint density at radius 1 is 0.906 bits per heavy atom. The summed E-state index contributed by atoms with van der Waals surface area (Å²) in [6.45, 7) is 3.76. The molecule has 0 radical (unpaired) electrons. The molecule has 7 heteroatoms. The third kappa shape index (κ3) is 4.05. The van der Waals surface area contributed by atoms with Crippen LogP contribution < -0.4 is 19.7 Å². The van der Waals surface area contributed by atoms with Gasteiger partial charge in [-0.2, -0.15) is 0 Å². The summed E-state index contributed by atoms with van der Waals surface area (Å²) in [5, 5.41) is 2.74. The van der Waals surface area contributed by atoms with Gasteiger partial charge in [-0.3, -0.25) is 14.4 Å². The summed E-state index contributed by atoms with van der Waals surface area (Å²) in [7, 11) is 1.44. The van der Waals surface area contributed by atoms with Gasteiger partial charge >= 0.3 is 0 Å². The van der Waals surface area contributed by atoms with Crippen molar-refractivity contribution in [1.29, 1.82) is 0 Å². The van der Waals surface area contributed by atoms with E-state index in [4.69, 9.17) is 9.47 Å². The van der Waals surface area contributed by atoms with E-state index in [1.807, 2.05) is 32.0 Å². The van der Waals surface area contributed by atoms with E-state index in [0.717, 1.165) is 16.0 Å². The number of rotatable bonds is 6. The topological polar surface area (TPSA) is 84.9 Å². The number of methoxy groups -OCH3 is 1. The fraction of sp³-hybridized carbons (Fsp3) is 0.160. The normalized spacial score (nSPS) is 12.5. The van der Waals surface area contributed by atoms with Crippen LogP contribution >= 0.6 is 0 Å². The Labute approximate surface area is 185 Å². The van der Waals surface area contributed by atoms with Crippen LogP contribution in [0.2, 0.25) is 0 Å². The molecule has 0 fully saturated rings. The molecule has 0 saturated heterocycles. The Bertz CT molecular complexity index is 1180. The lowest BCUT2D eigenvalue weighted by Gasteiger charge is -2.18. The van der Waals surface area contributed by atoms with Crippen molar-refractivity contribution in [2.24, 2.45) is 0 Å². The fourth-order valence-electron chi connectivity index (χ4n) is 3.71. The molecule has 1 aliphatic heterocycles. The van der Waals surface area contributed by atoms with E-state index in [1.54, 1.807) is 42.5 Å². The van der Waals surface area contributed by atoms with Crippen molar-refractivity contribution >= 4 is 29.1 Å². The first-order chi connectivity index (χ1) is 15.4. The number of carbonyl (C=O) groups is 3. The maximum absolute atomic E-state index is 12.8. The number of hydrogen-bond donors (Lipinski definition) is 1. The molecule has 0 unspecified atom stereocenters. The minimum Gasteiger partial charge on any atom is -0.494 e. The highest BCUT2D eigenvalue weighted by atomic mass is 16.5. The quantitative estimate of drug-likeness (QED) is 0.595. The number of ether oxygens (including phenoxy) is 2. The minimum absolute atomic E-state index is 0.161. The van der Waals surface area contributed by atoms with Crippen molar-refractivity contribution in [3.05, 3.63) is 82.9 Å². The highest BCUT2D eigenvalue weighted by Gasteiger charge is 2.37. The van der Waals surface area contributed by atoms with Crippen molar-refractivity contribution in [2.45, 2.75) is 13.8 Å². The van der Waals surface area contributed by atoms with Gasteiger partial charge in [-0.1, -0.05) is 18.2 Å². The van der Waals surface area contributed by atoms with Crippen LogP contribution in [0.1, 0.15) is 31.8 Å². The summed E-state index contributed by atoms with van der Waals surface area (Å²) in [5.74, 6) is -0.270. The number of imide groups is 1. The van der Waals surface area contributed by atoms with Gasteiger partial charge in [-0.25, -0.2) is 4.90 Å². The van der Waals surface area contributed by atoms with E-state index >= 15 is 0 Å². The molecule has 0 aromatic heterocycles. The highest BCUT2D eigenvalue weighted by molar-refractivity contribution is 6.34. The summed E-state index contributed by atoms with van der Waals surface area (Å²) < 4.78 is 11.0. The largest absolute Gasteiger partial charge is 0.494 e. The molecule has 3 aromatic rings. The first-order valence-corrected chi connectivity index (χ1v) is 10.0. The molecule has 1 heterocycles. The lowest BCUT2D eigenvalue weighted by atomic mass is 10.1. The number of hydrogen-bond acceptors (Lipinski definition) is 5. The smallest absolute Gasteiger partial charge is 0.266 e. The average molecular weight is 430 g/mol. The molecule has 3 amide bonds. The summed E-state index contributed by atoms with van der Waals surface area (Å²) in [6.07, 6.45) is 0. The first-order valence-electron chi connectivity index (χ1n) is 10.0. The zero-order valence-electron chi connectivity index (χ0n) is 18.0. The molecule has 0 atom stereocenters. The molecule has 4 rings (SSSR count). The monoisotopic (exact) mass is 430 g/mol. The van der Waals surface area contributed by atoms with E-state index in [1.165, 1.54) is 7.11 Å². The van der Waals surface area contributed by atoms with Crippen LogP contribution in [0.25, 0.3) is 0 Å². The van der Waals surface area contributed by atoms with Crippen molar-refractivity contribution in [3.63, 3.8) is 0 Å². The number of benzene rings is 3. The summed E-state index contributed by atoms with van der Waals surface area (Å²) in [5.41, 5.74) is 3.56. The van der Waals surface area contributed by atoms with E-state index in [9.17, 15) is 14.4 Å². The van der Waals surface area contributed by atoms with E-state index in [2.05, 4.69) is 5.32 Å². The van der Waals surface area contributed by atoms with Crippen LogP contribution in [-0.2, 0) is 4.79 Å². The predicted molar refractivity (Wildman–Crippen MR) is 121 cm³/mol. The zero-order valence-corrected chi connectivity index (χ0v) is 18.0. The summed E-state index contributed by atoms with van der Waals surface area (Å²) in [6, 6.07) is 17.1. The molecule has 0 bridgehead atoms. The second-order valence-electron chi connectivity index (χ2n) is 7.54. The van der Waals surface area contributed by atoms with Crippen LogP contribution in [0.3, 0.4) is 0 Å². The summed E-state index contributed by atoms with van der Waals surface area (Å²) in [4.78, 5) is 39.0. The van der Waals surface area contributed by atoms with E-state index in [-0.39, 0.29) is 18.3 Å². The van der Waals surface area contributed by atoms with Crippen LogP contribution in [0.5, 0.6) is 11.5 Å². The maximum Gasteiger partial charge on any atom is 0.266 e. The molecule has 1 N–H and O–H groups in total. The molecule has 0 spiro atoms. The molecule has 0 saturated carbocycles. The Hall–Kier alpha value is -4.13. The van der Waals surface area contributed by atoms with Crippen LogP contribution in [0, 0.1) is 13.8 Å². The predicted octanol–water partition coefficient (Wildman–Crippen LogP) is 4.13. The van der Waals surface area contributed by atoms with Gasteiger partial charge in [0, 0.05) is 11.8 Å². The van der Waals surface area contributed by atoms with E-state index < -0.39 is 11.8 Å². The Morgan fingerprint density at radius 2 is 1.53 bits per heavy atom. The second kappa shape index (κ2) is 8.55. The minimum atomic E-state index is -0.414. The third-order valence-corrected chi connectivity index (χ3v) is 5.06. The van der Waals surface area contributed by atoms with Gasteiger partial charge in [0.15, 0.2) is 6.61 Å². The zero-order chi connectivity index (χ0) is 22.8. The molecule has 162 valence electrons. The number of nitrogens with one attached hydrogen (secondary N) is 1. The number of amides is 3. The van der Waals surface area contributed by atoms with Gasteiger partial charge in [-0.05, 0) is 61.4 Å². The standard InChI is InChI=1S/C25H22N2O5/c1-15-10-16(2)12-18(11-15)32-14-23(28)26-17-8-9-21(22(13-17)31-3)27-24(29)19-6-4-5-7-20(19)25(27)30/h4-13H,14H2,1-3H3,(H,26,28). The van der Waals surface area contributed by atoms with Gasteiger partial charge in [0.1, 0.15) is 11.5 Å². The molecule has 1 aliphatic rings. The van der Waals surface area contributed by atoms with Gasteiger partial charge < -0.3 is 14.8 Å². The van der Waals surface area contributed by atoms with Crippen LogP contribution in [0.4, 0.5) is 11.4 Å². The lowest BCUT2D eigenvalue weighted by molar-refractivity contribution is -0.118. The molecule has 7 nitrogen and oxygen atoms in total. The number of aryl methyl sites for hydroxylation is 2. The van der Waals surface area contributed by atoms with Crippen molar-refractivity contribution in [1.82, 2.24) is 0 Å². The number of fused-ring (bicyclic) bond motifs is 1. The second-order valence-corrected chi connectivity index (χ2v) is 7.54. The molecular formula is C25H22N2O5. The first kappa shape index (κ1) is 21.1. The molecule has 0 aliphatic carbocycles.